The van der Waals surface area contributed by atoms with E-state index in [-0.39, 0.29) is 23.6 Å². The van der Waals surface area contributed by atoms with Gasteiger partial charge in [-0.2, -0.15) is 0 Å². The van der Waals surface area contributed by atoms with Crippen LogP contribution in [0.1, 0.15) is 32.3 Å². The number of fused-ring (bicyclic) bond motifs is 1. The Kier molecular flexibility index (Phi) is 7.95. The van der Waals surface area contributed by atoms with Crippen molar-refractivity contribution in [3.63, 3.8) is 0 Å². The molecular weight excluding hydrogens is 555 g/mol. The Balaban J connectivity index is 1.85. The summed E-state index contributed by atoms with van der Waals surface area (Å²) >= 11 is 13.1. The van der Waals surface area contributed by atoms with Gasteiger partial charge in [0, 0.05) is 46.7 Å². The summed E-state index contributed by atoms with van der Waals surface area (Å²) in [5, 5.41) is 1.81. The van der Waals surface area contributed by atoms with Crippen LogP contribution in [0.3, 0.4) is 0 Å². The fourth-order valence-corrected chi connectivity index (χ4v) is 6.06. The lowest BCUT2D eigenvalue weighted by Gasteiger charge is -2.42. The van der Waals surface area contributed by atoms with Crippen LogP contribution in [0, 0.1) is 6.57 Å². The van der Waals surface area contributed by atoms with Crippen LogP contribution in [0.4, 0.5) is 11.4 Å². The molecule has 41 heavy (non-hydrogen) atoms. The molecule has 3 aromatic carbocycles. The van der Waals surface area contributed by atoms with Gasteiger partial charge < -0.3 is 9.80 Å². The minimum absolute atomic E-state index is 0.0294. The van der Waals surface area contributed by atoms with Gasteiger partial charge in [-0.15, -0.1) is 0 Å². The number of aromatic nitrogens is 1. The highest BCUT2D eigenvalue weighted by Crippen LogP contribution is 2.42. The van der Waals surface area contributed by atoms with Crippen LogP contribution in [-0.4, -0.2) is 41.1 Å². The molecule has 0 saturated carbocycles. The number of pyridine rings is 1. The number of nitrogens with zero attached hydrogens (tertiary/aromatic N) is 4. The van der Waals surface area contributed by atoms with E-state index in [1.807, 2.05) is 55.5 Å². The number of anilines is 1. The fourth-order valence-electron chi connectivity index (χ4n) is 5.66. The van der Waals surface area contributed by atoms with Gasteiger partial charge in [0.15, 0.2) is 0 Å². The second kappa shape index (κ2) is 11.4. The number of carbonyl (C=O) groups excluding carboxylic acids is 1. The maximum atomic E-state index is 14.3. The molecule has 1 amide bonds. The van der Waals surface area contributed by atoms with Crippen molar-refractivity contribution in [2.45, 2.75) is 32.7 Å². The Morgan fingerprint density at radius 1 is 1.10 bits per heavy atom. The van der Waals surface area contributed by atoms with Gasteiger partial charge in [0.1, 0.15) is 0 Å². The largest absolute Gasteiger partial charge is 0.373 e. The van der Waals surface area contributed by atoms with Crippen molar-refractivity contribution in [1.29, 1.82) is 0 Å². The van der Waals surface area contributed by atoms with Gasteiger partial charge in [0.2, 0.25) is 5.91 Å². The van der Waals surface area contributed by atoms with Gasteiger partial charge in [-0.25, -0.2) is 4.85 Å². The summed E-state index contributed by atoms with van der Waals surface area (Å²) in [6.07, 6.45) is 1.31. The lowest BCUT2D eigenvalue weighted by Crippen LogP contribution is -2.53. The Labute approximate surface area is 249 Å². The van der Waals surface area contributed by atoms with Crippen LogP contribution in [0.25, 0.3) is 32.6 Å². The number of carbonyl (C=O) groups is 1. The standard InChI is InChI=1S/C33H30Cl2N4O2/c1-6-30(40)37-15-16-38(21(4)19-37)32-26-17-27(35)25(22-11-13-23(34)14-12-22)18-29(26)39(33(41)31(32)36-5)28-10-8-7-9-24(28)20(2)3/h6-14,17-18,20-21H,1,15-16,19H2,2-4H3/t21-/m0/s1. The fraction of sp³-hybridized carbons (Fsp3) is 0.242. The van der Waals surface area contributed by atoms with E-state index in [2.05, 4.69) is 30.2 Å². The monoisotopic (exact) mass is 584 g/mol. The highest BCUT2D eigenvalue weighted by Gasteiger charge is 2.31. The zero-order chi connectivity index (χ0) is 29.4. The maximum absolute atomic E-state index is 14.3. The van der Waals surface area contributed by atoms with E-state index in [0.717, 1.165) is 22.4 Å². The Morgan fingerprint density at radius 3 is 2.44 bits per heavy atom. The molecule has 2 heterocycles. The molecule has 8 heteroatoms. The third kappa shape index (κ3) is 5.12. The molecule has 208 valence electrons. The lowest BCUT2D eigenvalue weighted by molar-refractivity contribution is -0.126. The van der Waals surface area contributed by atoms with Crippen LogP contribution in [0.2, 0.25) is 10.0 Å². The second-order valence-electron chi connectivity index (χ2n) is 10.5. The molecule has 0 spiro atoms. The summed E-state index contributed by atoms with van der Waals surface area (Å²) in [4.78, 5) is 34.3. The molecule has 6 nitrogen and oxygen atoms in total. The van der Waals surface area contributed by atoms with E-state index in [4.69, 9.17) is 29.8 Å². The molecule has 4 aromatic rings. The number of benzene rings is 3. The molecule has 1 aromatic heterocycles. The van der Waals surface area contributed by atoms with Crippen LogP contribution in [-0.2, 0) is 4.79 Å². The van der Waals surface area contributed by atoms with E-state index < -0.39 is 5.56 Å². The zero-order valence-electron chi connectivity index (χ0n) is 23.2. The van der Waals surface area contributed by atoms with Crippen molar-refractivity contribution in [3.8, 4) is 16.8 Å². The number of piperazine rings is 1. The van der Waals surface area contributed by atoms with Gasteiger partial charge in [-0.05, 0) is 60.4 Å². The molecule has 5 rings (SSSR count). The molecule has 1 aliphatic rings. The molecule has 0 bridgehead atoms. The summed E-state index contributed by atoms with van der Waals surface area (Å²) in [6.45, 7) is 19.3. The number of hydrogen-bond donors (Lipinski definition) is 0. The minimum atomic E-state index is -0.392. The first-order valence-electron chi connectivity index (χ1n) is 13.5. The summed E-state index contributed by atoms with van der Waals surface area (Å²) in [6, 6.07) is 18.8. The predicted octanol–water partition coefficient (Wildman–Crippen LogP) is 7.86. The van der Waals surface area contributed by atoms with E-state index in [1.165, 1.54) is 6.08 Å². The molecule has 0 unspecified atom stereocenters. The smallest absolute Gasteiger partial charge is 0.274 e. The normalized spacial score (nSPS) is 15.3. The highest BCUT2D eigenvalue weighted by molar-refractivity contribution is 6.34. The Bertz CT molecular complexity index is 1770. The van der Waals surface area contributed by atoms with E-state index in [0.29, 0.717) is 46.3 Å². The first kappa shape index (κ1) is 28.5. The SMILES string of the molecule is [C-]#[N+]c1c(N2CCN(C(=O)C=C)C[C@@H]2C)c2cc(Cl)c(-c3ccc(Cl)cc3)cc2n(-c2ccccc2C(C)C)c1=O. The van der Waals surface area contributed by atoms with Crippen molar-refractivity contribution in [1.82, 2.24) is 9.47 Å². The summed E-state index contributed by atoms with van der Waals surface area (Å²) < 4.78 is 1.65. The van der Waals surface area contributed by atoms with Gasteiger partial charge >= 0.3 is 0 Å². The third-order valence-corrected chi connectivity index (χ3v) is 8.24. The van der Waals surface area contributed by atoms with E-state index in [1.54, 1.807) is 21.6 Å². The molecular formula is C33H30Cl2N4O2. The van der Waals surface area contributed by atoms with Crippen molar-refractivity contribution in [2.75, 3.05) is 24.5 Å². The van der Waals surface area contributed by atoms with Gasteiger partial charge in [0.05, 0.1) is 23.5 Å². The Morgan fingerprint density at radius 2 is 1.80 bits per heavy atom. The topological polar surface area (TPSA) is 49.9 Å². The van der Waals surface area contributed by atoms with Gasteiger partial charge in [-0.3, -0.25) is 14.2 Å². The number of rotatable bonds is 5. The van der Waals surface area contributed by atoms with Crippen LogP contribution >= 0.6 is 23.2 Å². The van der Waals surface area contributed by atoms with Gasteiger partial charge in [0.25, 0.3) is 11.2 Å². The number of para-hydroxylation sites is 1. The summed E-state index contributed by atoms with van der Waals surface area (Å²) in [7, 11) is 0. The average Bonchev–Trinajstić information content (AvgIpc) is 2.96. The first-order chi connectivity index (χ1) is 19.7. The van der Waals surface area contributed by atoms with E-state index in [9.17, 15) is 9.59 Å². The third-order valence-electron chi connectivity index (χ3n) is 7.68. The predicted molar refractivity (Wildman–Crippen MR) is 169 cm³/mol. The lowest BCUT2D eigenvalue weighted by atomic mass is 9.98. The van der Waals surface area contributed by atoms with Crippen molar-refractivity contribution in [3.05, 3.63) is 111 Å². The zero-order valence-corrected chi connectivity index (χ0v) is 24.7. The number of halogens is 2. The van der Waals surface area contributed by atoms with E-state index >= 15 is 0 Å². The van der Waals surface area contributed by atoms with Crippen molar-refractivity contribution >= 4 is 51.4 Å². The van der Waals surface area contributed by atoms with Gasteiger partial charge in [-0.1, -0.05) is 74.0 Å². The number of hydrogen-bond acceptors (Lipinski definition) is 3. The molecule has 0 aliphatic carbocycles. The quantitative estimate of drug-likeness (QED) is 0.177. The first-order valence-corrected chi connectivity index (χ1v) is 14.2. The number of amides is 1. The molecule has 0 radical (unpaired) electrons. The van der Waals surface area contributed by atoms with Crippen molar-refractivity contribution in [2.24, 2.45) is 0 Å². The summed E-state index contributed by atoms with van der Waals surface area (Å²) in [5.74, 6) is 0.00544. The van der Waals surface area contributed by atoms with Crippen LogP contribution in [0.15, 0.2) is 78.1 Å². The van der Waals surface area contributed by atoms with Crippen molar-refractivity contribution < 1.29 is 4.79 Å². The van der Waals surface area contributed by atoms with Crippen LogP contribution < -0.4 is 10.5 Å². The molecule has 1 atom stereocenters. The average molecular weight is 586 g/mol. The highest BCUT2D eigenvalue weighted by atomic mass is 35.5. The molecule has 0 N–H and O–H groups in total. The molecule has 1 aliphatic heterocycles. The Hall–Kier alpha value is -4.05. The molecule has 1 fully saturated rings. The minimum Gasteiger partial charge on any atom is -0.373 e. The second-order valence-corrected chi connectivity index (χ2v) is 11.4. The maximum Gasteiger partial charge on any atom is 0.274 e. The summed E-state index contributed by atoms with van der Waals surface area (Å²) in [5.41, 5.74) is 4.16. The van der Waals surface area contributed by atoms with Crippen LogP contribution in [0.5, 0.6) is 0 Å². The molecule has 1 saturated heterocycles.